The van der Waals surface area contributed by atoms with Crippen LogP contribution in [0.1, 0.15) is 11.1 Å². The zero-order valence-electron chi connectivity index (χ0n) is 7.99. The maximum absolute atomic E-state index is 11.1. The third-order valence-corrected chi connectivity index (χ3v) is 3.05. The van der Waals surface area contributed by atoms with Crippen LogP contribution in [-0.4, -0.2) is 21.3 Å². The molecular weight excluding hydrogens is 200 g/mol. The molecule has 0 amide bonds. The molecule has 0 aliphatic carbocycles. The molecule has 1 aliphatic heterocycles. The first kappa shape index (κ1) is 9.52. The molecule has 0 atom stereocenters. The third kappa shape index (κ3) is 2.07. The molecule has 1 aromatic rings. The first-order valence-corrected chi connectivity index (χ1v) is 6.53. The summed E-state index contributed by atoms with van der Waals surface area (Å²) in [6.07, 6.45) is 2.16. The number of hydrogen-bond acceptors (Lipinski definition) is 3. The second-order valence-electron chi connectivity index (χ2n) is 3.61. The van der Waals surface area contributed by atoms with Gasteiger partial charge in [-0.05, 0) is 17.2 Å². The van der Waals surface area contributed by atoms with Crippen molar-refractivity contribution in [1.82, 2.24) is 0 Å². The van der Waals surface area contributed by atoms with Gasteiger partial charge in [0.05, 0.1) is 12.4 Å². The van der Waals surface area contributed by atoms with Gasteiger partial charge in [-0.15, -0.1) is 0 Å². The number of sulfone groups is 1. The minimum absolute atomic E-state index is 0.0869. The Kier molecular flexibility index (Phi) is 2.23. The molecule has 0 bridgehead atoms. The van der Waals surface area contributed by atoms with Gasteiger partial charge in [-0.25, -0.2) is 8.42 Å². The van der Waals surface area contributed by atoms with E-state index in [2.05, 4.69) is 0 Å². The molecule has 3 nitrogen and oxygen atoms in total. The summed E-state index contributed by atoms with van der Waals surface area (Å²) < 4.78 is 27.5. The monoisotopic (exact) mass is 212 g/mol. The molecule has 0 saturated carbocycles. The molecule has 1 aromatic carbocycles. The van der Waals surface area contributed by atoms with Crippen LogP contribution < -0.4 is 4.74 Å². The van der Waals surface area contributed by atoms with Crippen molar-refractivity contribution < 1.29 is 13.2 Å². The van der Waals surface area contributed by atoms with Gasteiger partial charge in [0.2, 0.25) is 0 Å². The van der Waals surface area contributed by atoms with E-state index in [-0.39, 0.29) is 5.75 Å². The zero-order valence-corrected chi connectivity index (χ0v) is 8.80. The number of fused-ring (bicyclic) bond motifs is 1. The predicted molar refractivity (Wildman–Crippen MR) is 54.2 cm³/mol. The Morgan fingerprint density at radius 1 is 1.43 bits per heavy atom. The summed E-state index contributed by atoms with van der Waals surface area (Å²) in [5.41, 5.74) is 1.97. The minimum Gasteiger partial charge on any atom is -0.493 e. The highest BCUT2D eigenvalue weighted by Crippen LogP contribution is 2.26. The lowest BCUT2D eigenvalue weighted by Crippen LogP contribution is -2.00. The van der Waals surface area contributed by atoms with Gasteiger partial charge in [-0.3, -0.25) is 0 Å². The molecule has 4 heteroatoms. The zero-order chi connectivity index (χ0) is 10.2. The van der Waals surface area contributed by atoms with E-state index in [1.165, 1.54) is 11.8 Å². The van der Waals surface area contributed by atoms with Gasteiger partial charge < -0.3 is 4.74 Å². The first-order chi connectivity index (χ1) is 6.54. The molecule has 0 radical (unpaired) electrons. The first-order valence-electron chi connectivity index (χ1n) is 4.47. The Morgan fingerprint density at radius 3 is 2.93 bits per heavy atom. The summed E-state index contributed by atoms with van der Waals surface area (Å²) in [4.78, 5) is 0. The normalized spacial score (nSPS) is 14.9. The fraction of sp³-hybridized carbons (Fsp3) is 0.400. The van der Waals surface area contributed by atoms with Crippen LogP contribution in [0.15, 0.2) is 18.2 Å². The van der Waals surface area contributed by atoms with Gasteiger partial charge >= 0.3 is 0 Å². The van der Waals surface area contributed by atoms with Crippen molar-refractivity contribution >= 4 is 9.84 Å². The lowest BCUT2D eigenvalue weighted by molar-refractivity contribution is 0.356. The van der Waals surface area contributed by atoms with Crippen LogP contribution in [0.3, 0.4) is 0 Å². The van der Waals surface area contributed by atoms with Gasteiger partial charge in [0.25, 0.3) is 0 Å². The van der Waals surface area contributed by atoms with E-state index in [1.54, 1.807) is 0 Å². The number of rotatable bonds is 2. The average molecular weight is 212 g/mol. The molecule has 0 spiro atoms. The van der Waals surface area contributed by atoms with Gasteiger partial charge in [0.1, 0.15) is 5.75 Å². The second-order valence-corrected chi connectivity index (χ2v) is 5.75. The molecule has 1 heterocycles. The molecule has 0 aromatic heterocycles. The summed E-state index contributed by atoms with van der Waals surface area (Å²) >= 11 is 0. The van der Waals surface area contributed by atoms with Crippen LogP contribution in [-0.2, 0) is 22.0 Å². The van der Waals surface area contributed by atoms with Crippen molar-refractivity contribution in [2.45, 2.75) is 12.2 Å². The van der Waals surface area contributed by atoms with Gasteiger partial charge in [0, 0.05) is 12.7 Å². The summed E-state index contributed by atoms with van der Waals surface area (Å²) in [6, 6.07) is 5.63. The summed E-state index contributed by atoms with van der Waals surface area (Å²) in [7, 11) is -2.95. The van der Waals surface area contributed by atoms with Crippen LogP contribution in [0.4, 0.5) is 0 Å². The van der Waals surface area contributed by atoms with Crippen molar-refractivity contribution in [3.8, 4) is 5.75 Å². The molecule has 0 unspecified atom stereocenters. The number of ether oxygens (including phenoxy) is 1. The topological polar surface area (TPSA) is 43.4 Å². The lowest BCUT2D eigenvalue weighted by Gasteiger charge is -2.02. The number of hydrogen-bond donors (Lipinski definition) is 0. The van der Waals surface area contributed by atoms with E-state index in [0.717, 1.165) is 17.7 Å². The van der Waals surface area contributed by atoms with Crippen molar-refractivity contribution in [2.75, 3.05) is 12.9 Å². The van der Waals surface area contributed by atoms with Crippen LogP contribution in [0.25, 0.3) is 0 Å². The number of benzene rings is 1. The Balaban J connectivity index is 2.29. The van der Waals surface area contributed by atoms with Crippen molar-refractivity contribution in [3.05, 3.63) is 29.3 Å². The highest BCUT2D eigenvalue weighted by molar-refractivity contribution is 7.89. The van der Waals surface area contributed by atoms with E-state index < -0.39 is 9.84 Å². The van der Waals surface area contributed by atoms with Crippen LogP contribution in [0, 0.1) is 0 Å². The van der Waals surface area contributed by atoms with Gasteiger partial charge in [0.15, 0.2) is 9.84 Å². The SMILES string of the molecule is CS(=O)(=O)Cc1ccc2c(c1)OCC2. The molecular formula is C10H12O3S. The Hall–Kier alpha value is -1.03. The summed E-state index contributed by atoms with van der Waals surface area (Å²) in [5, 5.41) is 0. The molecule has 0 saturated heterocycles. The highest BCUT2D eigenvalue weighted by Gasteiger charge is 2.13. The Morgan fingerprint density at radius 2 is 2.21 bits per heavy atom. The fourth-order valence-corrected chi connectivity index (χ4v) is 2.39. The largest absolute Gasteiger partial charge is 0.493 e. The molecule has 14 heavy (non-hydrogen) atoms. The predicted octanol–water partition coefficient (Wildman–Crippen LogP) is 1.17. The lowest BCUT2D eigenvalue weighted by atomic mass is 10.1. The Labute approximate surface area is 83.6 Å². The standard InChI is InChI=1S/C10H12O3S/c1-14(11,12)7-8-2-3-9-4-5-13-10(9)6-8/h2-3,6H,4-5,7H2,1H3. The quantitative estimate of drug-likeness (QED) is 0.739. The van der Waals surface area contributed by atoms with E-state index in [1.807, 2.05) is 18.2 Å². The second kappa shape index (κ2) is 3.28. The molecule has 0 N–H and O–H groups in total. The molecule has 1 aliphatic rings. The van der Waals surface area contributed by atoms with E-state index in [0.29, 0.717) is 6.61 Å². The molecule has 2 rings (SSSR count). The van der Waals surface area contributed by atoms with E-state index >= 15 is 0 Å². The van der Waals surface area contributed by atoms with E-state index in [9.17, 15) is 8.42 Å². The fourth-order valence-electron chi connectivity index (χ4n) is 1.60. The van der Waals surface area contributed by atoms with Gasteiger partial charge in [-0.2, -0.15) is 0 Å². The highest BCUT2D eigenvalue weighted by atomic mass is 32.2. The Bertz CT molecular complexity index is 448. The van der Waals surface area contributed by atoms with Crippen LogP contribution >= 0.6 is 0 Å². The third-order valence-electron chi connectivity index (χ3n) is 2.19. The van der Waals surface area contributed by atoms with Crippen molar-refractivity contribution in [2.24, 2.45) is 0 Å². The molecule has 76 valence electrons. The van der Waals surface area contributed by atoms with Crippen molar-refractivity contribution in [1.29, 1.82) is 0 Å². The van der Waals surface area contributed by atoms with Crippen molar-refractivity contribution in [3.63, 3.8) is 0 Å². The average Bonchev–Trinajstić information content (AvgIpc) is 2.47. The molecule has 0 fully saturated rings. The van der Waals surface area contributed by atoms with Gasteiger partial charge in [-0.1, -0.05) is 12.1 Å². The summed E-state index contributed by atoms with van der Waals surface area (Å²) in [6.45, 7) is 0.706. The maximum atomic E-state index is 11.1. The minimum atomic E-state index is -2.95. The van der Waals surface area contributed by atoms with E-state index in [4.69, 9.17) is 4.74 Å². The summed E-state index contributed by atoms with van der Waals surface area (Å²) in [5.74, 6) is 0.926. The van der Waals surface area contributed by atoms with Crippen LogP contribution in [0.2, 0.25) is 0 Å². The maximum Gasteiger partial charge on any atom is 0.151 e. The smallest absolute Gasteiger partial charge is 0.151 e. The van der Waals surface area contributed by atoms with Crippen LogP contribution in [0.5, 0.6) is 5.75 Å².